The van der Waals surface area contributed by atoms with Crippen LogP contribution in [0.3, 0.4) is 0 Å². The number of hydrogen-bond acceptors (Lipinski definition) is 2. The summed E-state index contributed by atoms with van der Waals surface area (Å²) in [7, 11) is 0. The van der Waals surface area contributed by atoms with Gasteiger partial charge in [0, 0.05) is 17.1 Å². The van der Waals surface area contributed by atoms with Crippen molar-refractivity contribution in [3.05, 3.63) is 106 Å². The van der Waals surface area contributed by atoms with Gasteiger partial charge in [-0.25, -0.2) is 0 Å². The van der Waals surface area contributed by atoms with E-state index in [9.17, 15) is 4.79 Å². The average Bonchev–Trinajstić information content (AvgIpc) is 2.71. The van der Waals surface area contributed by atoms with Crippen LogP contribution in [0.15, 0.2) is 72.8 Å². The molecule has 6 rings (SSSR count). The molecule has 140 valence electrons. The number of carbonyl (C=O) groups excluding carboxylic acids is 1. The van der Waals surface area contributed by atoms with E-state index in [1.54, 1.807) is 0 Å². The first-order valence-electron chi connectivity index (χ1n) is 9.90. The van der Waals surface area contributed by atoms with Crippen molar-refractivity contribution in [2.75, 3.05) is 5.75 Å². The van der Waals surface area contributed by atoms with Crippen LogP contribution in [-0.4, -0.2) is 10.9 Å². The average molecular weight is 385 g/mol. The highest BCUT2D eigenvalue weighted by molar-refractivity contribution is 8.13. The second-order valence-electron chi connectivity index (χ2n) is 8.93. The van der Waals surface area contributed by atoms with Gasteiger partial charge in [-0.1, -0.05) is 105 Å². The predicted molar refractivity (Wildman–Crippen MR) is 117 cm³/mol. The molecule has 0 spiro atoms. The van der Waals surface area contributed by atoms with Crippen LogP contribution >= 0.6 is 11.8 Å². The van der Waals surface area contributed by atoms with Crippen molar-refractivity contribution in [1.82, 2.24) is 0 Å². The third-order valence-corrected chi connectivity index (χ3v) is 7.68. The third-order valence-electron chi connectivity index (χ3n) is 6.23. The zero-order valence-corrected chi connectivity index (χ0v) is 17.3. The summed E-state index contributed by atoms with van der Waals surface area (Å²) in [6.07, 6.45) is 0. The molecule has 1 nitrogen and oxygen atoms in total. The molecule has 2 bridgehead atoms. The molecule has 0 radical (unpaired) electrons. The monoisotopic (exact) mass is 384 g/mol. The van der Waals surface area contributed by atoms with E-state index in [0.717, 1.165) is 5.75 Å². The SMILES string of the molecule is CC(C)(C)C(=O)SCC12c3ccccc3C(c3ccccc31)c1ccccc12. The van der Waals surface area contributed by atoms with Crippen molar-refractivity contribution in [3.63, 3.8) is 0 Å². The molecular formula is C26H24OS. The highest BCUT2D eigenvalue weighted by Crippen LogP contribution is 2.59. The van der Waals surface area contributed by atoms with Crippen LogP contribution in [0, 0.1) is 5.41 Å². The minimum atomic E-state index is -0.342. The van der Waals surface area contributed by atoms with Gasteiger partial charge in [-0.15, -0.1) is 0 Å². The molecule has 3 aliphatic rings. The minimum Gasteiger partial charge on any atom is -0.287 e. The molecule has 3 aromatic carbocycles. The Morgan fingerprint density at radius 1 is 0.786 bits per heavy atom. The van der Waals surface area contributed by atoms with Gasteiger partial charge in [0.2, 0.25) is 0 Å². The third kappa shape index (κ3) is 2.31. The van der Waals surface area contributed by atoms with E-state index in [2.05, 4.69) is 72.8 Å². The largest absolute Gasteiger partial charge is 0.287 e. The smallest absolute Gasteiger partial charge is 0.194 e. The fourth-order valence-corrected chi connectivity index (χ4v) is 6.22. The lowest BCUT2D eigenvalue weighted by atomic mass is 9.54. The molecule has 0 saturated carbocycles. The fourth-order valence-electron chi connectivity index (χ4n) is 4.97. The lowest BCUT2D eigenvalue weighted by molar-refractivity contribution is -0.117. The molecule has 0 saturated heterocycles. The Labute approximate surface area is 171 Å². The van der Waals surface area contributed by atoms with E-state index in [1.807, 2.05) is 20.8 Å². The molecule has 0 amide bonds. The number of rotatable bonds is 2. The fraction of sp³-hybridized carbons (Fsp3) is 0.269. The van der Waals surface area contributed by atoms with Gasteiger partial charge in [0.1, 0.15) is 0 Å². The van der Waals surface area contributed by atoms with Crippen molar-refractivity contribution in [2.24, 2.45) is 5.41 Å². The molecule has 0 unspecified atom stereocenters. The van der Waals surface area contributed by atoms with Crippen molar-refractivity contribution >= 4 is 16.9 Å². The quantitative estimate of drug-likeness (QED) is 0.528. The first-order chi connectivity index (χ1) is 13.4. The van der Waals surface area contributed by atoms with Crippen molar-refractivity contribution in [1.29, 1.82) is 0 Å². The van der Waals surface area contributed by atoms with Gasteiger partial charge in [0.15, 0.2) is 5.12 Å². The van der Waals surface area contributed by atoms with Crippen molar-refractivity contribution < 1.29 is 4.79 Å². The Balaban J connectivity index is 1.78. The van der Waals surface area contributed by atoms with Crippen LogP contribution in [0.25, 0.3) is 0 Å². The summed E-state index contributed by atoms with van der Waals surface area (Å²) in [5.74, 6) is 1.02. The molecule has 28 heavy (non-hydrogen) atoms. The second kappa shape index (κ2) is 6.09. The van der Waals surface area contributed by atoms with Crippen LogP contribution in [0.4, 0.5) is 0 Å². The van der Waals surface area contributed by atoms with E-state index in [4.69, 9.17) is 0 Å². The van der Waals surface area contributed by atoms with E-state index in [-0.39, 0.29) is 21.9 Å². The number of thioether (sulfide) groups is 1. The van der Waals surface area contributed by atoms with E-state index in [1.165, 1.54) is 45.1 Å². The maximum atomic E-state index is 12.9. The summed E-state index contributed by atoms with van der Waals surface area (Å²) in [6.45, 7) is 6.02. The number of carbonyl (C=O) groups is 1. The molecule has 0 aromatic heterocycles. The Morgan fingerprint density at radius 3 is 1.57 bits per heavy atom. The highest BCUT2D eigenvalue weighted by atomic mass is 32.2. The number of hydrogen-bond donors (Lipinski definition) is 0. The number of benzene rings is 3. The van der Waals surface area contributed by atoms with Crippen LogP contribution in [0.1, 0.15) is 60.1 Å². The van der Waals surface area contributed by atoms with E-state index >= 15 is 0 Å². The standard InChI is InChI=1S/C26H24OS/c1-25(2,3)24(27)28-16-26-20-13-7-4-10-17(20)23(18-11-5-8-14-21(18)26)19-12-6-9-15-22(19)26/h4-15,23H,16H2,1-3H3. The normalized spacial score (nSPS) is 21.6. The molecule has 0 aliphatic heterocycles. The Bertz CT molecular complexity index is 974. The second-order valence-corrected chi connectivity index (χ2v) is 9.87. The van der Waals surface area contributed by atoms with E-state index < -0.39 is 0 Å². The molecule has 0 atom stereocenters. The molecule has 0 heterocycles. The summed E-state index contributed by atoms with van der Waals surface area (Å²) in [4.78, 5) is 12.9. The maximum Gasteiger partial charge on any atom is 0.194 e. The van der Waals surface area contributed by atoms with Gasteiger partial charge in [0.25, 0.3) is 0 Å². The predicted octanol–water partition coefficient (Wildman–Crippen LogP) is 6.13. The maximum absolute atomic E-state index is 12.9. The Hall–Kier alpha value is -2.32. The molecule has 3 aliphatic carbocycles. The van der Waals surface area contributed by atoms with Gasteiger partial charge >= 0.3 is 0 Å². The zero-order chi connectivity index (χ0) is 19.5. The molecule has 0 N–H and O–H groups in total. The Morgan fingerprint density at radius 2 is 1.18 bits per heavy atom. The van der Waals surface area contributed by atoms with Crippen LogP contribution in [0.2, 0.25) is 0 Å². The topological polar surface area (TPSA) is 17.1 Å². The van der Waals surface area contributed by atoms with Crippen molar-refractivity contribution in [2.45, 2.75) is 32.1 Å². The highest BCUT2D eigenvalue weighted by Gasteiger charge is 2.51. The van der Waals surface area contributed by atoms with Crippen LogP contribution in [-0.2, 0) is 10.2 Å². The molecule has 2 heteroatoms. The summed E-state index contributed by atoms with van der Waals surface area (Å²) in [5, 5.41) is 0.252. The Kier molecular flexibility index (Phi) is 3.86. The molecular weight excluding hydrogens is 360 g/mol. The zero-order valence-electron chi connectivity index (χ0n) is 16.5. The summed E-state index contributed by atoms with van der Waals surface area (Å²) < 4.78 is 0. The van der Waals surface area contributed by atoms with Crippen molar-refractivity contribution in [3.8, 4) is 0 Å². The first kappa shape index (κ1) is 17.8. The van der Waals surface area contributed by atoms with Gasteiger partial charge in [-0.3, -0.25) is 4.79 Å². The first-order valence-corrected chi connectivity index (χ1v) is 10.9. The van der Waals surface area contributed by atoms with Gasteiger partial charge < -0.3 is 0 Å². The van der Waals surface area contributed by atoms with Crippen LogP contribution in [0.5, 0.6) is 0 Å². The lowest BCUT2D eigenvalue weighted by Gasteiger charge is -2.50. The molecule has 0 fully saturated rings. The van der Waals surface area contributed by atoms with Gasteiger partial charge in [-0.2, -0.15) is 0 Å². The van der Waals surface area contributed by atoms with Crippen LogP contribution < -0.4 is 0 Å². The van der Waals surface area contributed by atoms with Gasteiger partial charge in [-0.05, 0) is 33.4 Å². The minimum absolute atomic E-state index is 0.252. The van der Waals surface area contributed by atoms with Gasteiger partial charge in [0.05, 0.1) is 5.41 Å². The summed E-state index contributed by atoms with van der Waals surface area (Å²) >= 11 is 1.49. The summed E-state index contributed by atoms with van der Waals surface area (Å²) in [6, 6.07) is 26.5. The molecule has 3 aromatic rings. The summed E-state index contributed by atoms with van der Waals surface area (Å²) in [5.41, 5.74) is 7.66. The lowest BCUT2D eigenvalue weighted by Crippen LogP contribution is -2.44. The van der Waals surface area contributed by atoms with E-state index in [0.29, 0.717) is 0 Å².